The first-order valence-electron chi connectivity index (χ1n) is 6.16. The predicted molar refractivity (Wildman–Crippen MR) is 68.8 cm³/mol. The highest BCUT2D eigenvalue weighted by atomic mass is 79.9. The van der Waals surface area contributed by atoms with Crippen LogP contribution in [-0.2, 0) is 6.18 Å². The van der Waals surface area contributed by atoms with Gasteiger partial charge in [-0.3, -0.25) is 4.79 Å². The van der Waals surface area contributed by atoms with Crippen LogP contribution in [0, 0.1) is 5.82 Å². The minimum Gasteiger partial charge on any atom is -0.349 e. The number of hydrogen-bond donors (Lipinski definition) is 1. The normalized spacial score (nSPS) is 16.4. The van der Waals surface area contributed by atoms with E-state index in [0.29, 0.717) is 6.07 Å². The summed E-state index contributed by atoms with van der Waals surface area (Å²) in [5.41, 5.74) is -2.02. The number of halogens is 5. The summed E-state index contributed by atoms with van der Waals surface area (Å²) in [7, 11) is 0. The third-order valence-electron chi connectivity index (χ3n) is 3.31. The lowest BCUT2D eigenvalue weighted by molar-refractivity contribution is -0.140. The first kappa shape index (κ1) is 15.3. The fourth-order valence-corrected chi connectivity index (χ4v) is 2.79. The Morgan fingerprint density at radius 2 is 1.85 bits per heavy atom. The number of amides is 1. The smallest absolute Gasteiger partial charge is 0.349 e. The number of hydrogen-bond acceptors (Lipinski definition) is 1. The molecule has 2 nitrogen and oxygen atoms in total. The van der Waals surface area contributed by atoms with Crippen LogP contribution < -0.4 is 5.32 Å². The first-order valence-corrected chi connectivity index (χ1v) is 6.96. The van der Waals surface area contributed by atoms with Gasteiger partial charge in [-0.2, -0.15) is 13.2 Å². The summed E-state index contributed by atoms with van der Waals surface area (Å²) in [6, 6.07) is 1.56. The van der Waals surface area contributed by atoms with E-state index >= 15 is 0 Å². The largest absolute Gasteiger partial charge is 0.419 e. The van der Waals surface area contributed by atoms with Gasteiger partial charge in [-0.05, 0) is 40.9 Å². The van der Waals surface area contributed by atoms with E-state index in [1.54, 1.807) is 0 Å². The summed E-state index contributed by atoms with van der Waals surface area (Å²) in [4.78, 5) is 12.0. The molecule has 1 fully saturated rings. The second-order valence-corrected chi connectivity index (χ2v) is 5.59. The topological polar surface area (TPSA) is 29.1 Å². The van der Waals surface area contributed by atoms with Crippen LogP contribution in [0.1, 0.15) is 41.6 Å². The average molecular weight is 354 g/mol. The Morgan fingerprint density at radius 1 is 1.25 bits per heavy atom. The molecular formula is C13H12BrF4NO. The molecule has 1 aromatic rings. The number of alkyl halides is 3. The van der Waals surface area contributed by atoms with Crippen LogP contribution >= 0.6 is 15.9 Å². The Kier molecular flexibility index (Phi) is 4.36. The molecular weight excluding hydrogens is 342 g/mol. The number of rotatable bonds is 2. The van der Waals surface area contributed by atoms with Gasteiger partial charge in [0.15, 0.2) is 0 Å². The molecule has 0 heterocycles. The fourth-order valence-electron chi connectivity index (χ4n) is 2.31. The summed E-state index contributed by atoms with van der Waals surface area (Å²) >= 11 is 2.93. The molecule has 1 aromatic carbocycles. The lowest BCUT2D eigenvalue weighted by Gasteiger charge is -2.15. The number of carbonyl (C=O) groups excluding carboxylic acids is 1. The van der Waals surface area contributed by atoms with E-state index in [-0.39, 0.29) is 10.5 Å². The zero-order chi connectivity index (χ0) is 14.9. The maximum absolute atomic E-state index is 13.9. The SMILES string of the molecule is O=C(NC1CCCC1)c1c(Br)ccc(C(F)(F)F)c1F. The van der Waals surface area contributed by atoms with E-state index in [2.05, 4.69) is 21.2 Å². The molecule has 0 radical (unpaired) electrons. The van der Waals surface area contributed by atoms with Crippen LogP contribution in [0.25, 0.3) is 0 Å². The van der Waals surface area contributed by atoms with Gasteiger partial charge in [0.2, 0.25) is 0 Å². The van der Waals surface area contributed by atoms with E-state index in [1.807, 2.05) is 0 Å². The highest BCUT2D eigenvalue weighted by Gasteiger charge is 2.37. The molecule has 1 aliphatic carbocycles. The van der Waals surface area contributed by atoms with Crippen molar-refractivity contribution in [3.05, 3.63) is 33.5 Å². The van der Waals surface area contributed by atoms with Gasteiger partial charge in [-0.15, -0.1) is 0 Å². The summed E-state index contributed by atoms with van der Waals surface area (Å²) in [6.07, 6.45) is -1.38. The second-order valence-electron chi connectivity index (χ2n) is 4.74. The quantitative estimate of drug-likeness (QED) is 0.790. The molecule has 0 aromatic heterocycles. The van der Waals surface area contributed by atoms with E-state index in [9.17, 15) is 22.4 Å². The van der Waals surface area contributed by atoms with Crippen molar-refractivity contribution >= 4 is 21.8 Å². The molecule has 0 atom stereocenters. The molecule has 1 saturated carbocycles. The second kappa shape index (κ2) is 5.71. The Balaban J connectivity index is 2.32. The van der Waals surface area contributed by atoms with Gasteiger partial charge < -0.3 is 5.32 Å². The summed E-state index contributed by atoms with van der Waals surface area (Å²) in [6.45, 7) is 0. The van der Waals surface area contributed by atoms with Gasteiger partial charge in [0.25, 0.3) is 5.91 Å². The van der Waals surface area contributed by atoms with Crippen LogP contribution in [0.15, 0.2) is 16.6 Å². The Bertz CT molecular complexity index is 524. The summed E-state index contributed by atoms with van der Waals surface area (Å²) in [5, 5.41) is 2.58. The minimum absolute atomic E-state index is 0.0125. The minimum atomic E-state index is -4.83. The van der Waals surface area contributed by atoms with Crippen LogP contribution in [0.3, 0.4) is 0 Å². The summed E-state index contributed by atoms with van der Waals surface area (Å²) < 4.78 is 51.9. The van der Waals surface area contributed by atoms with Crippen molar-refractivity contribution in [2.24, 2.45) is 0 Å². The zero-order valence-electron chi connectivity index (χ0n) is 10.4. The number of benzene rings is 1. The van der Waals surface area contributed by atoms with Crippen LogP contribution in [-0.4, -0.2) is 11.9 Å². The van der Waals surface area contributed by atoms with Gasteiger partial charge in [-0.25, -0.2) is 4.39 Å². The standard InChI is InChI=1S/C13H12BrF4NO/c14-9-6-5-8(13(16,17)18)11(15)10(9)12(20)19-7-3-1-2-4-7/h5-7H,1-4H2,(H,19,20). The molecule has 0 unspecified atom stereocenters. The molecule has 0 bridgehead atoms. The Morgan fingerprint density at radius 3 is 2.40 bits per heavy atom. The van der Waals surface area contributed by atoms with Gasteiger partial charge in [0.05, 0.1) is 11.1 Å². The average Bonchev–Trinajstić information content (AvgIpc) is 2.79. The van der Waals surface area contributed by atoms with E-state index in [4.69, 9.17) is 0 Å². The van der Waals surface area contributed by atoms with Gasteiger partial charge >= 0.3 is 6.18 Å². The fraction of sp³-hybridized carbons (Fsp3) is 0.462. The van der Waals surface area contributed by atoms with Crippen molar-refractivity contribution in [2.45, 2.75) is 37.9 Å². The van der Waals surface area contributed by atoms with E-state index in [1.165, 1.54) is 0 Å². The maximum atomic E-state index is 13.9. The van der Waals surface area contributed by atoms with E-state index < -0.39 is 29.0 Å². The van der Waals surface area contributed by atoms with Crippen molar-refractivity contribution in [3.63, 3.8) is 0 Å². The molecule has 0 saturated heterocycles. The molecule has 1 amide bonds. The monoisotopic (exact) mass is 353 g/mol. The Labute approximate surface area is 121 Å². The van der Waals surface area contributed by atoms with Crippen molar-refractivity contribution in [3.8, 4) is 0 Å². The van der Waals surface area contributed by atoms with Crippen molar-refractivity contribution < 1.29 is 22.4 Å². The third kappa shape index (κ3) is 3.13. The zero-order valence-corrected chi connectivity index (χ0v) is 11.9. The van der Waals surface area contributed by atoms with Gasteiger partial charge in [0, 0.05) is 10.5 Å². The molecule has 20 heavy (non-hydrogen) atoms. The highest BCUT2D eigenvalue weighted by Crippen LogP contribution is 2.35. The van der Waals surface area contributed by atoms with Crippen molar-refractivity contribution in [2.75, 3.05) is 0 Å². The molecule has 7 heteroatoms. The van der Waals surface area contributed by atoms with Gasteiger partial charge in [0.1, 0.15) is 5.82 Å². The van der Waals surface area contributed by atoms with Crippen LogP contribution in [0.4, 0.5) is 17.6 Å². The van der Waals surface area contributed by atoms with Crippen LogP contribution in [0.2, 0.25) is 0 Å². The van der Waals surface area contributed by atoms with Crippen molar-refractivity contribution in [1.82, 2.24) is 5.32 Å². The molecule has 110 valence electrons. The lowest BCUT2D eigenvalue weighted by atomic mass is 10.1. The molecule has 0 aliphatic heterocycles. The highest BCUT2D eigenvalue weighted by molar-refractivity contribution is 9.10. The molecule has 1 N–H and O–H groups in total. The first-order chi connectivity index (χ1) is 9.30. The maximum Gasteiger partial charge on any atom is 0.419 e. The summed E-state index contributed by atoms with van der Waals surface area (Å²) in [5.74, 6) is -2.35. The molecule has 1 aliphatic rings. The Hall–Kier alpha value is -1.11. The van der Waals surface area contributed by atoms with E-state index in [0.717, 1.165) is 31.7 Å². The molecule has 2 rings (SSSR count). The number of nitrogens with one attached hydrogen (secondary N) is 1. The molecule has 0 spiro atoms. The van der Waals surface area contributed by atoms with Gasteiger partial charge in [-0.1, -0.05) is 12.8 Å². The van der Waals surface area contributed by atoms with Crippen molar-refractivity contribution in [1.29, 1.82) is 0 Å². The third-order valence-corrected chi connectivity index (χ3v) is 3.97. The number of carbonyl (C=O) groups is 1. The lowest BCUT2D eigenvalue weighted by Crippen LogP contribution is -2.33. The van der Waals surface area contributed by atoms with Crippen LogP contribution in [0.5, 0.6) is 0 Å². The predicted octanol–water partition coefficient (Wildman–Crippen LogP) is 4.28.